The Morgan fingerprint density at radius 3 is 2.73 bits per heavy atom. The van der Waals surface area contributed by atoms with E-state index < -0.39 is 11.8 Å². The first-order chi connectivity index (χ1) is 7.04. The lowest BCUT2D eigenvalue weighted by atomic mass is 10.1. The monoisotopic (exact) mass is 208 g/mol. The maximum Gasteiger partial charge on any atom is 0.384 e. The van der Waals surface area contributed by atoms with Crippen molar-refractivity contribution in [3.8, 4) is 11.8 Å². The van der Waals surface area contributed by atoms with Crippen LogP contribution in [-0.4, -0.2) is 13.1 Å². The molecule has 0 aliphatic heterocycles. The van der Waals surface area contributed by atoms with Gasteiger partial charge >= 0.3 is 5.97 Å². The van der Waals surface area contributed by atoms with Crippen molar-refractivity contribution in [2.24, 2.45) is 0 Å². The Hall–Kier alpha value is -2.22. The lowest BCUT2D eigenvalue weighted by Crippen LogP contribution is -2.00. The molecule has 0 aromatic heterocycles. The first-order valence-electron chi connectivity index (χ1n) is 3.99. The summed E-state index contributed by atoms with van der Waals surface area (Å²) in [6, 6.07) is 2.18. The number of nitrogen functional groups attached to an aromatic ring is 2. The van der Waals surface area contributed by atoms with Crippen LogP contribution in [0.15, 0.2) is 12.1 Å². The molecule has 1 rings (SSSR count). The minimum absolute atomic E-state index is 0.0872. The second-order valence-corrected chi connectivity index (χ2v) is 2.70. The zero-order valence-corrected chi connectivity index (χ0v) is 8.00. The Kier molecular flexibility index (Phi) is 3.13. The first kappa shape index (κ1) is 10.9. The van der Waals surface area contributed by atoms with E-state index in [4.69, 9.17) is 11.5 Å². The Morgan fingerprint density at radius 2 is 2.13 bits per heavy atom. The Bertz CT molecular complexity index is 460. The Morgan fingerprint density at radius 1 is 1.47 bits per heavy atom. The molecule has 1 aromatic carbocycles. The van der Waals surface area contributed by atoms with Crippen LogP contribution >= 0.6 is 0 Å². The summed E-state index contributed by atoms with van der Waals surface area (Å²) < 4.78 is 17.2. The summed E-state index contributed by atoms with van der Waals surface area (Å²) in [5, 5.41) is 0. The van der Waals surface area contributed by atoms with Crippen molar-refractivity contribution in [3.05, 3.63) is 23.5 Å². The molecule has 0 saturated carbocycles. The fourth-order valence-corrected chi connectivity index (χ4v) is 0.912. The van der Waals surface area contributed by atoms with Crippen molar-refractivity contribution in [2.45, 2.75) is 0 Å². The summed E-state index contributed by atoms with van der Waals surface area (Å²) in [4.78, 5) is 10.7. The van der Waals surface area contributed by atoms with E-state index in [0.717, 1.165) is 12.1 Å². The van der Waals surface area contributed by atoms with Gasteiger partial charge in [0.1, 0.15) is 5.82 Å². The van der Waals surface area contributed by atoms with Crippen LogP contribution in [0.3, 0.4) is 0 Å². The van der Waals surface area contributed by atoms with Crippen LogP contribution in [0.5, 0.6) is 0 Å². The molecular weight excluding hydrogens is 199 g/mol. The molecule has 0 amide bonds. The van der Waals surface area contributed by atoms with E-state index in [1.807, 2.05) is 0 Å². The smallest absolute Gasteiger partial charge is 0.384 e. The second kappa shape index (κ2) is 4.33. The maximum absolute atomic E-state index is 12.9. The number of hydrogen-bond donors (Lipinski definition) is 2. The highest BCUT2D eigenvalue weighted by Crippen LogP contribution is 2.20. The molecule has 0 unspecified atom stereocenters. The number of halogens is 1. The van der Waals surface area contributed by atoms with Gasteiger partial charge in [0.05, 0.1) is 24.0 Å². The number of ether oxygens (including phenoxy) is 1. The summed E-state index contributed by atoms with van der Waals surface area (Å²) in [7, 11) is 1.19. The molecule has 4 N–H and O–H groups in total. The third-order valence-corrected chi connectivity index (χ3v) is 1.66. The zero-order chi connectivity index (χ0) is 11.4. The van der Waals surface area contributed by atoms with Gasteiger partial charge in [-0.15, -0.1) is 0 Å². The van der Waals surface area contributed by atoms with Crippen molar-refractivity contribution < 1.29 is 13.9 Å². The molecular formula is C10H9FN2O2. The lowest BCUT2D eigenvalue weighted by molar-refractivity contribution is -0.133. The molecule has 0 heterocycles. The molecule has 0 atom stereocenters. The van der Waals surface area contributed by atoms with Crippen molar-refractivity contribution in [1.82, 2.24) is 0 Å². The number of esters is 1. The third-order valence-electron chi connectivity index (χ3n) is 1.66. The van der Waals surface area contributed by atoms with E-state index in [-0.39, 0.29) is 16.9 Å². The topological polar surface area (TPSA) is 78.3 Å². The normalized spacial score (nSPS) is 8.93. The molecule has 0 saturated heterocycles. The summed E-state index contributed by atoms with van der Waals surface area (Å²) in [6.07, 6.45) is 0. The largest absolute Gasteiger partial charge is 0.459 e. The van der Waals surface area contributed by atoms with Crippen LogP contribution in [-0.2, 0) is 9.53 Å². The Balaban J connectivity index is 3.13. The molecule has 15 heavy (non-hydrogen) atoms. The summed E-state index contributed by atoms with van der Waals surface area (Å²) in [5.74, 6) is 3.22. The van der Waals surface area contributed by atoms with E-state index in [2.05, 4.69) is 16.6 Å². The van der Waals surface area contributed by atoms with Gasteiger partial charge in [0, 0.05) is 5.92 Å². The van der Waals surface area contributed by atoms with Crippen LogP contribution < -0.4 is 11.5 Å². The SMILES string of the molecule is COC(=O)C#Cc1cc(F)cc(N)c1N. The minimum Gasteiger partial charge on any atom is -0.459 e. The van der Waals surface area contributed by atoms with Crippen molar-refractivity contribution >= 4 is 17.3 Å². The fraction of sp³-hybridized carbons (Fsp3) is 0.100. The van der Waals surface area contributed by atoms with E-state index in [0.29, 0.717) is 0 Å². The third kappa shape index (κ3) is 2.61. The quantitative estimate of drug-likeness (QED) is 0.370. The van der Waals surface area contributed by atoms with Gasteiger partial charge in [0.2, 0.25) is 0 Å². The maximum atomic E-state index is 12.9. The highest BCUT2D eigenvalue weighted by molar-refractivity contribution is 5.89. The van der Waals surface area contributed by atoms with Crippen molar-refractivity contribution in [2.75, 3.05) is 18.6 Å². The highest BCUT2D eigenvalue weighted by atomic mass is 19.1. The molecule has 78 valence electrons. The number of methoxy groups -OCH3 is 1. The van der Waals surface area contributed by atoms with Gasteiger partial charge in [-0.1, -0.05) is 5.92 Å². The van der Waals surface area contributed by atoms with Crippen LogP contribution in [0.4, 0.5) is 15.8 Å². The predicted molar refractivity (Wildman–Crippen MR) is 54.1 cm³/mol. The molecule has 0 aliphatic rings. The van der Waals surface area contributed by atoms with Crippen LogP contribution in [0.2, 0.25) is 0 Å². The number of anilines is 2. The fourth-order valence-electron chi connectivity index (χ4n) is 0.912. The zero-order valence-electron chi connectivity index (χ0n) is 8.00. The standard InChI is InChI=1S/C10H9FN2O2/c1-15-9(14)3-2-6-4-7(11)5-8(12)10(6)13/h4-5H,12-13H2,1H3. The summed E-state index contributed by atoms with van der Waals surface area (Å²) in [5.41, 5.74) is 11.3. The number of rotatable bonds is 0. The minimum atomic E-state index is -0.725. The summed E-state index contributed by atoms with van der Waals surface area (Å²) >= 11 is 0. The van der Waals surface area contributed by atoms with E-state index in [1.165, 1.54) is 7.11 Å². The van der Waals surface area contributed by atoms with Gasteiger partial charge < -0.3 is 16.2 Å². The van der Waals surface area contributed by atoms with Gasteiger partial charge in [-0.2, -0.15) is 0 Å². The Labute approximate surface area is 86.0 Å². The van der Waals surface area contributed by atoms with Crippen LogP contribution in [0, 0.1) is 17.7 Å². The van der Waals surface area contributed by atoms with Crippen LogP contribution in [0.1, 0.15) is 5.56 Å². The number of carbonyl (C=O) groups is 1. The average Bonchev–Trinajstić information content (AvgIpc) is 2.20. The first-order valence-corrected chi connectivity index (χ1v) is 3.99. The van der Waals surface area contributed by atoms with E-state index in [1.54, 1.807) is 0 Å². The highest BCUT2D eigenvalue weighted by Gasteiger charge is 2.03. The number of nitrogens with two attached hydrogens (primary N) is 2. The molecule has 1 aromatic rings. The number of hydrogen-bond acceptors (Lipinski definition) is 4. The lowest BCUT2D eigenvalue weighted by Gasteiger charge is -2.02. The van der Waals surface area contributed by atoms with Gasteiger partial charge in [0.25, 0.3) is 0 Å². The van der Waals surface area contributed by atoms with Crippen molar-refractivity contribution in [3.63, 3.8) is 0 Å². The van der Waals surface area contributed by atoms with E-state index in [9.17, 15) is 9.18 Å². The van der Waals surface area contributed by atoms with Gasteiger partial charge in [0.15, 0.2) is 0 Å². The predicted octanol–water partition coefficient (Wildman–Crippen LogP) is 0.515. The molecule has 4 nitrogen and oxygen atoms in total. The molecule has 0 bridgehead atoms. The second-order valence-electron chi connectivity index (χ2n) is 2.70. The van der Waals surface area contributed by atoms with Gasteiger partial charge in [-0.25, -0.2) is 9.18 Å². The number of benzene rings is 1. The molecule has 0 aliphatic carbocycles. The van der Waals surface area contributed by atoms with Gasteiger partial charge in [-0.05, 0) is 12.1 Å². The van der Waals surface area contributed by atoms with Crippen LogP contribution in [0.25, 0.3) is 0 Å². The van der Waals surface area contributed by atoms with Gasteiger partial charge in [-0.3, -0.25) is 0 Å². The van der Waals surface area contributed by atoms with E-state index >= 15 is 0 Å². The number of carbonyl (C=O) groups excluding carboxylic acids is 1. The molecule has 0 radical (unpaired) electrons. The molecule has 0 spiro atoms. The molecule has 0 fully saturated rings. The summed E-state index contributed by atoms with van der Waals surface area (Å²) in [6.45, 7) is 0. The van der Waals surface area contributed by atoms with Crippen molar-refractivity contribution in [1.29, 1.82) is 0 Å². The molecule has 5 heteroatoms. The average molecular weight is 208 g/mol.